The van der Waals surface area contributed by atoms with Gasteiger partial charge in [-0.3, -0.25) is 4.79 Å². The summed E-state index contributed by atoms with van der Waals surface area (Å²) in [5.41, 5.74) is 3.20. The van der Waals surface area contributed by atoms with Gasteiger partial charge in [0, 0.05) is 36.2 Å². The lowest BCUT2D eigenvalue weighted by Gasteiger charge is -2.23. The topological polar surface area (TPSA) is 41.1 Å². The van der Waals surface area contributed by atoms with Crippen molar-refractivity contribution in [1.82, 2.24) is 5.32 Å². The van der Waals surface area contributed by atoms with Gasteiger partial charge in [0.1, 0.15) is 0 Å². The van der Waals surface area contributed by atoms with Crippen LogP contribution >= 0.6 is 24.2 Å². The van der Waals surface area contributed by atoms with Crippen LogP contribution in [0.5, 0.6) is 0 Å². The molecule has 1 unspecified atom stereocenters. The third-order valence-electron chi connectivity index (χ3n) is 3.18. The number of rotatable bonds is 3. The van der Waals surface area contributed by atoms with E-state index >= 15 is 0 Å². The summed E-state index contributed by atoms with van der Waals surface area (Å²) in [5.74, 6) is 2.28. The SMILES string of the molecule is Cc1cccc(C)c1NC(=O)CC1CSCCN1.Cl. The molecular formula is C14H21ClN2OS. The number of thioether (sulfide) groups is 1. The number of hydrogen-bond donors (Lipinski definition) is 2. The highest BCUT2D eigenvalue weighted by atomic mass is 35.5. The number of carbonyl (C=O) groups is 1. The molecule has 1 aromatic carbocycles. The highest BCUT2D eigenvalue weighted by Gasteiger charge is 2.17. The molecule has 0 bridgehead atoms. The smallest absolute Gasteiger partial charge is 0.225 e. The molecule has 19 heavy (non-hydrogen) atoms. The van der Waals surface area contributed by atoms with E-state index < -0.39 is 0 Å². The van der Waals surface area contributed by atoms with E-state index in [0.29, 0.717) is 12.5 Å². The molecule has 1 atom stereocenters. The summed E-state index contributed by atoms with van der Waals surface area (Å²) in [5, 5.41) is 6.42. The molecule has 1 amide bonds. The van der Waals surface area contributed by atoms with E-state index in [0.717, 1.165) is 34.9 Å². The summed E-state index contributed by atoms with van der Waals surface area (Å²) in [6.45, 7) is 5.06. The molecule has 0 aliphatic carbocycles. The van der Waals surface area contributed by atoms with Crippen molar-refractivity contribution >= 4 is 35.8 Å². The van der Waals surface area contributed by atoms with Crippen LogP contribution in [0, 0.1) is 13.8 Å². The summed E-state index contributed by atoms with van der Waals surface area (Å²) in [6, 6.07) is 6.38. The fourth-order valence-corrected chi connectivity index (χ4v) is 3.13. The van der Waals surface area contributed by atoms with Crippen LogP contribution in [0.25, 0.3) is 0 Å². The van der Waals surface area contributed by atoms with E-state index in [4.69, 9.17) is 0 Å². The van der Waals surface area contributed by atoms with Crippen molar-refractivity contribution in [3.63, 3.8) is 0 Å². The van der Waals surface area contributed by atoms with E-state index in [1.54, 1.807) is 0 Å². The van der Waals surface area contributed by atoms with Crippen LogP contribution in [0.4, 0.5) is 5.69 Å². The second kappa shape index (κ2) is 7.78. The number of halogens is 1. The number of benzene rings is 1. The van der Waals surface area contributed by atoms with Crippen LogP contribution in [-0.4, -0.2) is 30.0 Å². The summed E-state index contributed by atoms with van der Waals surface area (Å²) >= 11 is 1.92. The zero-order chi connectivity index (χ0) is 13.0. The van der Waals surface area contributed by atoms with Gasteiger partial charge in [0.05, 0.1) is 0 Å². The first-order chi connectivity index (χ1) is 8.66. The van der Waals surface area contributed by atoms with Gasteiger partial charge < -0.3 is 10.6 Å². The molecule has 5 heteroatoms. The maximum Gasteiger partial charge on any atom is 0.225 e. The average molecular weight is 301 g/mol. The van der Waals surface area contributed by atoms with Gasteiger partial charge in [0.2, 0.25) is 5.91 Å². The number of amides is 1. The predicted octanol–water partition coefficient (Wildman–Crippen LogP) is 2.76. The summed E-state index contributed by atoms with van der Waals surface area (Å²) in [6.07, 6.45) is 0.556. The molecule has 106 valence electrons. The van der Waals surface area contributed by atoms with Crippen LogP contribution in [-0.2, 0) is 4.79 Å². The third-order valence-corrected chi connectivity index (χ3v) is 4.31. The van der Waals surface area contributed by atoms with Crippen LogP contribution in [0.15, 0.2) is 18.2 Å². The Balaban J connectivity index is 0.00000180. The van der Waals surface area contributed by atoms with Crippen molar-refractivity contribution in [2.45, 2.75) is 26.3 Å². The number of aryl methyl sites for hydroxylation is 2. The van der Waals surface area contributed by atoms with Crippen molar-refractivity contribution in [1.29, 1.82) is 0 Å². The van der Waals surface area contributed by atoms with Gasteiger partial charge in [0.15, 0.2) is 0 Å². The molecule has 1 aromatic rings. The fourth-order valence-electron chi connectivity index (χ4n) is 2.18. The second-order valence-electron chi connectivity index (χ2n) is 4.75. The summed E-state index contributed by atoms with van der Waals surface area (Å²) < 4.78 is 0. The number of carbonyl (C=O) groups excluding carboxylic acids is 1. The van der Waals surface area contributed by atoms with E-state index in [1.807, 2.05) is 43.8 Å². The molecule has 0 aromatic heterocycles. The molecule has 0 spiro atoms. The average Bonchev–Trinajstić information content (AvgIpc) is 2.35. The molecule has 0 radical (unpaired) electrons. The molecule has 1 saturated heterocycles. The number of nitrogens with one attached hydrogen (secondary N) is 2. The highest BCUT2D eigenvalue weighted by Crippen LogP contribution is 2.20. The zero-order valence-corrected chi connectivity index (χ0v) is 13.0. The second-order valence-corrected chi connectivity index (χ2v) is 5.89. The zero-order valence-electron chi connectivity index (χ0n) is 11.4. The van der Waals surface area contributed by atoms with Crippen molar-refractivity contribution in [2.24, 2.45) is 0 Å². The van der Waals surface area contributed by atoms with Crippen LogP contribution in [0.3, 0.4) is 0 Å². The minimum Gasteiger partial charge on any atom is -0.326 e. The molecule has 1 fully saturated rings. The van der Waals surface area contributed by atoms with Crippen molar-refractivity contribution in [3.05, 3.63) is 29.3 Å². The van der Waals surface area contributed by atoms with Gasteiger partial charge in [-0.05, 0) is 25.0 Å². The Labute approximate surface area is 125 Å². The standard InChI is InChI=1S/C14H20N2OS.ClH/c1-10-4-3-5-11(2)14(10)16-13(17)8-12-9-18-7-6-15-12;/h3-5,12,15H,6-9H2,1-2H3,(H,16,17);1H. The Morgan fingerprint density at radius 2 is 2.11 bits per heavy atom. The molecule has 0 saturated carbocycles. The van der Waals surface area contributed by atoms with Gasteiger partial charge in [-0.2, -0.15) is 11.8 Å². The monoisotopic (exact) mass is 300 g/mol. The molecule has 3 nitrogen and oxygen atoms in total. The van der Waals surface area contributed by atoms with E-state index in [2.05, 4.69) is 10.6 Å². The van der Waals surface area contributed by atoms with Gasteiger partial charge in [0.25, 0.3) is 0 Å². The lowest BCUT2D eigenvalue weighted by molar-refractivity contribution is -0.116. The van der Waals surface area contributed by atoms with Crippen molar-refractivity contribution in [2.75, 3.05) is 23.4 Å². The first-order valence-electron chi connectivity index (χ1n) is 6.34. The predicted molar refractivity (Wildman–Crippen MR) is 85.5 cm³/mol. The maximum absolute atomic E-state index is 12.0. The molecule has 1 aliphatic rings. The van der Waals surface area contributed by atoms with E-state index in [-0.39, 0.29) is 18.3 Å². The normalized spacial score (nSPS) is 18.5. The van der Waals surface area contributed by atoms with Gasteiger partial charge in [-0.25, -0.2) is 0 Å². The molecule has 1 heterocycles. The van der Waals surface area contributed by atoms with E-state index in [9.17, 15) is 4.79 Å². The third kappa shape index (κ3) is 4.71. The summed E-state index contributed by atoms with van der Waals surface area (Å²) in [7, 11) is 0. The summed E-state index contributed by atoms with van der Waals surface area (Å²) in [4.78, 5) is 12.0. The fraction of sp³-hybridized carbons (Fsp3) is 0.500. The lowest BCUT2D eigenvalue weighted by atomic mass is 10.1. The Kier molecular flexibility index (Phi) is 6.69. The Morgan fingerprint density at radius 3 is 2.68 bits per heavy atom. The molecule has 2 rings (SSSR count). The van der Waals surface area contributed by atoms with Gasteiger partial charge in [-0.15, -0.1) is 12.4 Å². The largest absolute Gasteiger partial charge is 0.326 e. The minimum absolute atomic E-state index is 0. The number of anilines is 1. The Morgan fingerprint density at radius 1 is 1.42 bits per heavy atom. The highest BCUT2D eigenvalue weighted by molar-refractivity contribution is 7.99. The van der Waals surface area contributed by atoms with Crippen LogP contribution in [0.1, 0.15) is 17.5 Å². The minimum atomic E-state index is 0. The molecular weight excluding hydrogens is 280 g/mol. The van der Waals surface area contributed by atoms with Crippen LogP contribution < -0.4 is 10.6 Å². The number of para-hydroxylation sites is 1. The molecule has 2 N–H and O–H groups in total. The first-order valence-corrected chi connectivity index (χ1v) is 7.49. The quantitative estimate of drug-likeness (QED) is 0.902. The van der Waals surface area contributed by atoms with Crippen molar-refractivity contribution < 1.29 is 4.79 Å². The Bertz CT molecular complexity index is 413. The van der Waals surface area contributed by atoms with E-state index in [1.165, 1.54) is 0 Å². The van der Waals surface area contributed by atoms with Crippen LogP contribution in [0.2, 0.25) is 0 Å². The van der Waals surface area contributed by atoms with Gasteiger partial charge in [-0.1, -0.05) is 18.2 Å². The number of hydrogen-bond acceptors (Lipinski definition) is 3. The maximum atomic E-state index is 12.0. The first kappa shape index (κ1) is 16.3. The lowest BCUT2D eigenvalue weighted by Crippen LogP contribution is -2.40. The van der Waals surface area contributed by atoms with Gasteiger partial charge >= 0.3 is 0 Å². The van der Waals surface area contributed by atoms with Crippen molar-refractivity contribution in [3.8, 4) is 0 Å². The molecule has 1 aliphatic heterocycles. The Hall–Kier alpha value is -0.710.